The number of aromatic nitrogens is 1. The molecule has 1 aliphatic heterocycles. The van der Waals surface area contributed by atoms with Gasteiger partial charge < -0.3 is 10.0 Å². The van der Waals surface area contributed by atoms with Crippen molar-refractivity contribution in [3.63, 3.8) is 0 Å². The van der Waals surface area contributed by atoms with Gasteiger partial charge in [0, 0.05) is 24.7 Å². The zero-order chi connectivity index (χ0) is 17.5. The van der Waals surface area contributed by atoms with Crippen LogP contribution in [0.25, 0.3) is 0 Å². The van der Waals surface area contributed by atoms with Crippen LogP contribution in [0.3, 0.4) is 0 Å². The van der Waals surface area contributed by atoms with E-state index in [2.05, 4.69) is 40.2 Å². The largest absolute Gasteiger partial charge is 0.396 e. The third kappa shape index (κ3) is 4.18. The Balaban J connectivity index is 1.67. The molecule has 1 aliphatic rings. The molecule has 2 heterocycles. The van der Waals surface area contributed by atoms with Gasteiger partial charge in [-0.05, 0) is 49.8 Å². The van der Waals surface area contributed by atoms with Crippen LogP contribution in [0, 0.1) is 16.7 Å². The maximum Gasteiger partial charge on any atom is 0.146 e. The van der Waals surface area contributed by atoms with E-state index in [0.29, 0.717) is 5.56 Å². The van der Waals surface area contributed by atoms with E-state index in [1.165, 1.54) is 5.56 Å². The maximum absolute atomic E-state index is 10.1. The van der Waals surface area contributed by atoms with Gasteiger partial charge in [-0.3, -0.25) is 0 Å². The third-order valence-electron chi connectivity index (χ3n) is 5.22. The van der Waals surface area contributed by atoms with Gasteiger partial charge in [-0.25, -0.2) is 4.98 Å². The SMILES string of the molecule is N#Cc1cccnc1N1CCC[C@](CO)(CCCc2ccccc2)C1. The Bertz CT molecular complexity index is 725. The Morgan fingerprint density at radius 3 is 2.80 bits per heavy atom. The van der Waals surface area contributed by atoms with Crippen molar-refractivity contribution < 1.29 is 5.11 Å². The molecular formula is C21H25N3O. The highest BCUT2D eigenvalue weighted by Gasteiger charge is 2.35. The lowest BCUT2D eigenvalue weighted by atomic mass is 9.76. The molecule has 0 unspecified atom stereocenters. The number of pyridine rings is 1. The molecular weight excluding hydrogens is 310 g/mol. The van der Waals surface area contributed by atoms with Crippen LogP contribution in [0.2, 0.25) is 0 Å². The summed E-state index contributed by atoms with van der Waals surface area (Å²) in [5.74, 6) is 0.755. The van der Waals surface area contributed by atoms with Crippen molar-refractivity contribution in [3.8, 4) is 6.07 Å². The minimum atomic E-state index is -0.0999. The first-order chi connectivity index (χ1) is 12.3. The summed E-state index contributed by atoms with van der Waals surface area (Å²) in [6.07, 6.45) is 6.88. The molecule has 1 atom stereocenters. The topological polar surface area (TPSA) is 60.2 Å². The molecule has 0 amide bonds. The van der Waals surface area contributed by atoms with Crippen LogP contribution in [-0.2, 0) is 6.42 Å². The minimum Gasteiger partial charge on any atom is -0.396 e. The Hall–Kier alpha value is -2.38. The van der Waals surface area contributed by atoms with Gasteiger partial charge in [-0.1, -0.05) is 30.3 Å². The van der Waals surface area contributed by atoms with E-state index in [-0.39, 0.29) is 12.0 Å². The van der Waals surface area contributed by atoms with Gasteiger partial charge in [0.15, 0.2) is 0 Å². The number of piperidine rings is 1. The Kier molecular flexibility index (Phi) is 5.67. The first-order valence-corrected chi connectivity index (χ1v) is 9.01. The van der Waals surface area contributed by atoms with Crippen LogP contribution in [0.15, 0.2) is 48.7 Å². The number of anilines is 1. The molecule has 3 rings (SSSR count). The Morgan fingerprint density at radius 2 is 2.04 bits per heavy atom. The maximum atomic E-state index is 10.1. The monoisotopic (exact) mass is 335 g/mol. The zero-order valence-corrected chi connectivity index (χ0v) is 14.6. The van der Waals surface area contributed by atoms with E-state index in [1.807, 2.05) is 12.1 Å². The number of aliphatic hydroxyl groups excluding tert-OH is 1. The van der Waals surface area contributed by atoms with Crippen molar-refractivity contribution in [1.29, 1.82) is 5.26 Å². The lowest BCUT2D eigenvalue weighted by Crippen LogP contribution is -2.46. The third-order valence-corrected chi connectivity index (χ3v) is 5.22. The summed E-state index contributed by atoms with van der Waals surface area (Å²) in [7, 11) is 0. The fourth-order valence-electron chi connectivity index (χ4n) is 3.85. The molecule has 1 saturated heterocycles. The van der Waals surface area contributed by atoms with Crippen LogP contribution in [-0.4, -0.2) is 29.8 Å². The molecule has 25 heavy (non-hydrogen) atoms. The number of aryl methyl sites for hydroxylation is 1. The second-order valence-electron chi connectivity index (χ2n) is 7.01. The average molecular weight is 335 g/mol. The first-order valence-electron chi connectivity index (χ1n) is 9.01. The van der Waals surface area contributed by atoms with Crippen molar-refractivity contribution in [1.82, 2.24) is 4.98 Å². The van der Waals surface area contributed by atoms with E-state index < -0.39 is 0 Å². The lowest BCUT2D eigenvalue weighted by molar-refractivity contribution is 0.0938. The number of hydrogen-bond donors (Lipinski definition) is 1. The molecule has 0 spiro atoms. The predicted molar refractivity (Wildman–Crippen MR) is 99.3 cm³/mol. The minimum absolute atomic E-state index is 0.0999. The summed E-state index contributed by atoms with van der Waals surface area (Å²) in [6.45, 7) is 1.85. The molecule has 2 aromatic rings. The number of benzene rings is 1. The average Bonchev–Trinajstić information content (AvgIpc) is 2.69. The van der Waals surface area contributed by atoms with E-state index in [4.69, 9.17) is 0 Å². The van der Waals surface area contributed by atoms with Crippen LogP contribution >= 0.6 is 0 Å². The summed E-state index contributed by atoms with van der Waals surface area (Å²) < 4.78 is 0. The molecule has 4 nitrogen and oxygen atoms in total. The predicted octanol–water partition coefficient (Wildman–Crippen LogP) is 3.56. The van der Waals surface area contributed by atoms with E-state index in [0.717, 1.165) is 51.0 Å². The number of aliphatic hydroxyl groups is 1. The molecule has 4 heteroatoms. The van der Waals surface area contributed by atoms with Crippen LogP contribution in [0.5, 0.6) is 0 Å². The number of hydrogen-bond acceptors (Lipinski definition) is 4. The molecule has 130 valence electrons. The van der Waals surface area contributed by atoms with Crippen LogP contribution in [0.4, 0.5) is 5.82 Å². The van der Waals surface area contributed by atoms with E-state index in [1.54, 1.807) is 12.3 Å². The Labute approximate surface area is 149 Å². The van der Waals surface area contributed by atoms with Crippen molar-refractivity contribution in [2.24, 2.45) is 5.41 Å². The number of rotatable bonds is 6. The van der Waals surface area contributed by atoms with Crippen molar-refractivity contribution >= 4 is 5.82 Å². The molecule has 0 saturated carbocycles. The molecule has 0 bridgehead atoms. The molecule has 1 aromatic carbocycles. The lowest BCUT2D eigenvalue weighted by Gasteiger charge is -2.42. The van der Waals surface area contributed by atoms with Gasteiger partial charge in [0.05, 0.1) is 12.2 Å². The number of nitriles is 1. The van der Waals surface area contributed by atoms with Crippen LogP contribution < -0.4 is 4.90 Å². The molecule has 0 radical (unpaired) electrons. The van der Waals surface area contributed by atoms with Gasteiger partial charge in [-0.2, -0.15) is 5.26 Å². The van der Waals surface area contributed by atoms with Gasteiger partial charge in [0.25, 0.3) is 0 Å². The molecule has 1 N–H and O–H groups in total. The Morgan fingerprint density at radius 1 is 1.20 bits per heavy atom. The number of nitrogens with zero attached hydrogens (tertiary/aromatic N) is 3. The summed E-state index contributed by atoms with van der Waals surface area (Å²) in [5, 5.41) is 19.5. The van der Waals surface area contributed by atoms with Crippen molar-refractivity contribution in [2.75, 3.05) is 24.6 Å². The van der Waals surface area contributed by atoms with Gasteiger partial charge in [0.2, 0.25) is 0 Å². The standard InChI is InChI=1S/C21H25N3O/c22-15-19-10-5-13-23-20(19)24-14-6-12-21(16-24,17-25)11-4-9-18-7-2-1-3-8-18/h1-3,5,7-8,10,13,25H,4,6,9,11-12,14,16-17H2/t21-/m1/s1. The summed E-state index contributed by atoms with van der Waals surface area (Å²) >= 11 is 0. The molecule has 1 aromatic heterocycles. The first kappa shape index (κ1) is 17.4. The highest BCUT2D eigenvalue weighted by molar-refractivity contribution is 5.53. The van der Waals surface area contributed by atoms with Gasteiger partial charge >= 0.3 is 0 Å². The fraction of sp³-hybridized carbons (Fsp3) is 0.429. The normalized spacial score (nSPS) is 20.2. The molecule has 1 fully saturated rings. The summed E-state index contributed by atoms with van der Waals surface area (Å²) in [4.78, 5) is 6.60. The van der Waals surface area contributed by atoms with E-state index >= 15 is 0 Å². The molecule has 0 aliphatic carbocycles. The van der Waals surface area contributed by atoms with Crippen molar-refractivity contribution in [2.45, 2.75) is 32.1 Å². The summed E-state index contributed by atoms with van der Waals surface area (Å²) in [6, 6.07) is 16.3. The fourth-order valence-corrected chi connectivity index (χ4v) is 3.85. The zero-order valence-electron chi connectivity index (χ0n) is 14.6. The quantitative estimate of drug-likeness (QED) is 0.877. The van der Waals surface area contributed by atoms with E-state index in [9.17, 15) is 10.4 Å². The van der Waals surface area contributed by atoms with Crippen LogP contribution in [0.1, 0.15) is 36.8 Å². The highest BCUT2D eigenvalue weighted by atomic mass is 16.3. The summed E-state index contributed by atoms with van der Waals surface area (Å²) in [5.41, 5.74) is 1.86. The second kappa shape index (κ2) is 8.13. The smallest absolute Gasteiger partial charge is 0.146 e. The van der Waals surface area contributed by atoms with Gasteiger partial charge in [-0.15, -0.1) is 0 Å². The highest BCUT2D eigenvalue weighted by Crippen LogP contribution is 2.36. The van der Waals surface area contributed by atoms with Crippen molar-refractivity contribution in [3.05, 3.63) is 59.8 Å². The second-order valence-corrected chi connectivity index (χ2v) is 7.01. The van der Waals surface area contributed by atoms with Gasteiger partial charge in [0.1, 0.15) is 11.9 Å².